The molecule has 0 atom stereocenters. The molecule has 1 amide bonds. The lowest BCUT2D eigenvalue weighted by atomic mass is 9.87. The van der Waals surface area contributed by atoms with Crippen molar-refractivity contribution in [1.82, 2.24) is 14.9 Å². The number of hydrogen-bond acceptors (Lipinski definition) is 4. The van der Waals surface area contributed by atoms with Gasteiger partial charge in [-0.3, -0.25) is 4.79 Å². The Bertz CT molecular complexity index is 867. The zero-order chi connectivity index (χ0) is 22.1. The van der Waals surface area contributed by atoms with Gasteiger partial charge in [-0.05, 0) is 61.8 Å². The summed E-state index contributed by atoms with van der Waals surface area (Å²) in [6.45, 7) is 5.92. The van der Waals surface area contributed by atoms with Crippen LogP contribution in [0, 0.1) is 5.92 Å². The fourth-order valence-electron chi connectivity index (χ4n) is 4.00. The second-order valence-electron chi connectivity index (χ2n) is 8.34. The molecule has 1 heterocycles. The molecule has 3 rings (SSSR count). The van der Waals surface area contributed by atoms with Crippen molar-refractivity contribution in [2.45, 2.75) is 65.0 Å². The topological polar surface area (TPSA) is 65.4 Å². The van der Waals surface area contributed by atoms with Crippen molar-refractivity contribution in [2.24, 2.45) is 5.92 Å². The minimum Gasteiger partial charge on any atom is -0.493 e. The van der Waals surface area contributed by atoms with Crippen LogP contribution < -0.4 is 14.8 Å². The summed E-state index contributed by atoms with van der Waals surface area (Å²) in [5, 5.41) is 3.11. The molecule has 1 N–H and O–H groups in total. The van der Waals surface area contributed by atoms with E-state index in [9.17, 15) is 4.79 Å². The summed E-state index contributed by atoms with van der Waals surface area (Å²) < 4.78 is 13.6. The number of imidazole rings is 1. The molecule has 6 nitrogen and oxygen atoms in total. The van der Waals surface area contributed by atoms with Gasteiger partial charge < -0.3 is 19.4 Å². The van der Waals surface area contributed by atoms with Crippen molar-refractivity contribution in [3.8, 4) is 11.5 Å². The third-order valence-corrected chi connectivity index (χ3v) is 5.83. The number of benzene rings is 1. The van der Waals surface area contributed by atoms with E-state index >= 15 is 0 Å². The van der Waals surface area contributed by atoms with Crippen molar-refractivity contribution in [3.05, 3.63) is 48.1 Å². The molecule has 0 saturated heterocycles. The van der Waals surface area contributed by atoms with E-state index in [2.05, 4.69) is 28.7 Å². The first-order valence-corrected chi connectivity index (χ1v) is 11.4. The molecule has 31 heavy (non-hydrogen) atoms. The molecule has 0 radical (unpaired) electrons. The summed E-state index contributed by atoms with van der Waals surface area (Å²) in [6.07, 6.45) is 13.6. The highest BCUT2D eigenvalue weighted by Crippen LogP contribution is 2.29. The van der Waals surface area contributed by atoms with Crippen molar-refractivity contribution >= 4 is 12.0 Å². The van der Waals surface area contributed by atoms with E-state index in [-0.39, 0.29) is 5.91 Å². The number of amides is 1. The third-order valence-electron chi connectivity index (χ3n) is 5.83. The predicted molar refractivity (Wildman–Crippen MR) is 123 cm³/mol. The number of aryl methyl sites for hydroxylation is 1. The van der Waals surface area contributed by atoms with Gasteiger partial charge in [0, 0.05) is 37.5 Å². The molecule has 6 heteroatoms. The van der Waals surface area contributed by atoms with Crippen molar-refractivity contribution in [3.63, 3.8) is 0 Å². The maximum Gasteiger partial charge on any atom is 0.244 e. The van der Waals surface area contributed by atoms with E-state index < -0.39 is 0 Å². The second kappa shape index (κ2) is 11.6. The number of carbonyl (C=O) groups is 1. The minimum atomic E-state index is -0.0403. The van der Waals surface area contributed by atoms with E-state index in [0.717, 1.165) is 49.5 Å². The van der Waals surface area contributed by atoms with Crippen LogP contribution in [0.25, 0.3) is 6.08 Å². The highest BCUT2D eigenvalue weighted by atomic mass is 16.5. The molecule has 1 aliphatic rings. The standard InChI is InChI=1S/C25H35N3O3/c1-4-15-28-16-14-26-24(28)13-17-31-22-11-7-20(18-23(22)30-3)8-12-25(29)27-21-9-5-19(2)6-10-21/h7-8,11-12,14,16,18-19,21H,4-6,9-10,13,15,17H2,1-3H3,(H,27,29). The number of aromatic nitrogens is 2. The highest BCUT2D eigenvalue weighted by Gasteiger charge is 2.18. The monoisotopic (exact) mass is 425 g/mol. The largest absolute Gasteiger partial charge is 0.493 e. The summed E-state index contributed by atoms with van der Waals surface area (Å²) in [4.78, 5) is 16.7. The lowest BCUT2D eigenvalue weighted by Crippen LogP contribution is -2.36. The summed E-state index contributed by atoms with van der Waals surface area (Å²) in [5.41, 5.74) is 0.898. The summed E-state index contributed by atoms with van der Waals surface area (Å²) in [7, 11) is 1.63. The number of carbonyl (C=O) groups excluding carboxylic acids is 1. The number of ether oxygens (including phenoxy) is 2. The van der Waals surface area contributed by atoms with E-state index in [1.807, 2.05) is 36.7 Å². The van der Waals surface area contributed by atoms with E-state index in [0.29, 0.717) is 24.1 Å². The van der Waals surface area contributed by atoms with Gasteiger partial charge in [-0.2, -0.15) is 0 Å². The van der Waals surface area contributed by atoms with Gasteiger partial charge in [0.05, 0.1) is 13.7 Å². The number of rotatable bonds is 10. The molecular weight excluding hydrogens is 390 g/mol. The smallest absolute Gasteiger partial charge is 0.244 e. The molecule has 2 aromatic rings. The lowest BCUT2D eigenvalue weighted by molar-refractivity contribution is -0.117. The Kier molecular flexibility index (Phi) is 8.56. The number of hydrogen-bond donors (Lipinski definition) is 1. The van der Waals surface area contributed by atoms with Gasteiger partial charge in [0.15, 0.2) is 11.5 Å². The van der Waals surface area contributed by atoms with Gasteiger partial charge in [0.2, 0.25) is 5.91 Å². The third kappa shape index (κ3) is 6.88. The maximum absolute atomic E-state index is 12.3. The quantitative estimate of drug-likeness (QED) is 0.564. The summed E-state index contributed by atoms with van der Waals surface area (Å²) in [6, 6.07) is 6.00. The zero-order valence-corrected chi connectivity index (χ0v) is 19.0. The first-order valence-electron chi connectivity index (χ1n) is 11.4. The fraction of sp³-hybridized carbons (Fsp3) is 0.520. The van der Waals surface area contributed by atoms with Crippen LogP contribution in [0.5, 0.6) is 11.5 Å². The molecule has 0 bridgehead atoms. The van der Waals surface area contributed by atoms with Gasteiger partial charge >= 0.3 is 0 Å². The van der Waals surface area contributed by atoms with Crippen LogP contribution in [0.15, 0.2) is 36.7 Å². The van der Waals surface area contributed by atoms with Gasteiger partial charge in [-0.15, -0.1) is 0 Å². The van der Waals surface area contributed by atoms with Crippen LogP contribution in [-0.4, -0.2) is 35.2 Å². The Morgan fingerprint density at radius 3 is 2.81 bits per heavy atom. The average molecular weight is 426 g/mol. The van der Waals surface area contributed by atoms with Gasteiger partial charge in [-0.1, -0.05) is 19.9 Å². The maximum atomic E-state index is 12.3. The molecule has 0 spiro atoms. The molecule has 1 aromatic carbocycles. The van der Waals surface area contributed by atoms with Crippen LogP contribution in [0.1, 0.15) is 57.3 Å². The Morgan fingerprint density at radius 1 is 1.26 bits per heavy atom. The van der Waals surface area contributed by atoms with Crippen LogP contribution in [0.2, 0.25) is 0 Å². The van der Waals surface area contributed by atoms with Crippen LogP contribution in [0.3, 0.4) is 0 Å². The molecule has 1 saturated carbocycles. The molecule has 1 aromatic heterocycles. The Balaban J connectivity index is 1.52. The molecule has 1 aliphatic carbocycles. The number of methoxy groups -OCH3 is 1. The van der Waals surface area contributed by atoms with Crippen molar-refractivity contribution in [2.75, 3.05) is 13.7 Å². The normalized spacial score (nSPS) is 18.8. The van der Waals surface area contributed by atoms with Crippen LogP contribution in [0.4, 0.5) is 0 Å². The van der Waals surface area contributed by atoms with Crippen molar-refractivity contribution < 1.29 is 14.3 Å². The number of nitrogens with one attached hydrogen (secondary N) is 1. The Hall–Kier alpha value is -2.76. The summed E-state index contributed by atoms with van der Waals surface area (Å²) >= 11 is 0. The average Bonchev–Trinajstić information content (AvgIpc) is 3.21. The minimum absolute atomic E-state index is 0.0403. The second-order valence-corrected chi connectivity index (χ2v) is 8.34. The van der Waals surface area contributed by atoms with Crippen molar-refractivity contribution in [1.29, 1.82) is 0 Å². The van der Waals surface area contributed by atoms with Crippen LogP contribution >= 0.6 is 0 Å². The number of nitrogens with zero attached hydrogens (tertiary/aromatic N) is 2. The van der Waals surface area contributed by atoms with E-state index in [1.54, 1.807) is 13.2 Å². The van der Waals surface area contributed by atoms with Gasteiger partial charge in [0.25, 0.3) is 0 Å². The van der Waals surface area contributed by atoms with Gasteiger partial charge in [0.1, 0.15) is 5.82 Å². The first-order chi connectivity index (χ1) is 15.1. The molecule has 1 fully saturated rings. The van der Waals surface area contributed by atoms with E-state index in [1.165, 1.54) is 12.8 Å². The molecule has 168 valence electrons. The predicted octanol–water partition coefficient (Wildman–Crippen LogP) is 4.63. The molecule has 0 aliphatic heterocycles. The zero-order valence-electron chi connectivity index (χ0n) is 19.0. The van der Waals surface area contributed by atoms with Gasteiger partial charge in [-0.25, -0.2) is 4.98 Å². The highest BCUT2D eigenvalue weighted by molar-refractivity contribution is 5.92. The molecular formula is C25H35N3O3. The Morgan fingerprint density at radius 2 is 2.06 bits per heavy atom. The SMILES string of the molecule is CCCn1ccnc1CCOc1ccc(C=CC(=O)NC2CCC(C)CC2)cc1OC. The van der Waals surface area contributed by atoms with E-state index in [4.69, 9.17) is 9.47 Å². The first kappa shape index (κ1) is 22.9. The fourth-order valence-corrected chi connectivity index (χ4v) is 4.00. The molecule has 0 unspecified atom stereocenters. The summed E-state index contributed by atoms with van der Waals surface area (Å²) in [5.74, 6) is 3.10. The lowest BCUT2D eigenvalue weighted by Gasteiger charge is -2.26. The Labute approximate surface area is 185 Å². The van der Waals surface area contributed by atoms with Crippen LogP contribution in [-0.2, 0) is 17.8 Å².